The number of carbonyl (C=O) groups is 1. The van der Waals surface area contributed by atoms with Crippen LogP contribution in [0.5, 0.6) is 0 Å². The summed E-state index contributed by atoms with van der Waals surface area (Å²) in [7, 11) is 0. The molecule has 0 aliphatic heterocycles. The van der Waals surface area contributed by atoms with E-state index in [0.29, 0.717) is 0 Å². The van der Waals surface area contributed by atoms with E-state index in [1.807, 2.05) is 13.8 Å². The number of aryl methyl sites for hydroxylation is 3. The number of ketones is 1. The highest BCUT2D eigenvalue weighted by Gasteiger charge is 2.06. The molecular formula is C21H39NO. The predicted octanol–water partition coefficient (Wildman–Crippen LogP) is 5.61. The van der Waals surface area contributed by atoms with Crippen molar-refractivity contribution in [2.24, 2.45) is 17.6 Å². The molecule has 2 nitrogen and oxygen atoms in total. The minimum absolute atomic E-state index is 0.153. The maximum absolute atomic E-state index is 10.6. The molecule has 0 aliphatic rings. The minimum Gasteiger partial charge on any atom is -0.324 e. The van der Waals surface area contributed by atoms with E-state index in [4.69, 9.17) is 5.73 Å². The van der Waals surface area contributed by atoms with Crippen molar-refractivity contribution in [3.63, 3.8) is 0 Å². The van der Waals surface area contributed by atoms with Crippen molar-refractivity contribution >= 4 is 5.78 Å². The molecule has 0 bridgehead atoms. The third kappa shape index (κ3) is 15.5. The number of carbonyl (C=O) groups excluding carboxylic acids is 1. The van der Waals surface area contributed by atoms with E-state index in [1.165, 1.54) is 29.5 Å². The average molecular weight is 322 g/mol. The first-order valence-electron chi connectivity index (χ1n) is 8.95. The van der Waals surface area contributed by atoms with Crippen molar-refractivity contribution < 1.29 is 4.79 Å². The van der Waals surface area contributed by atoms with E-state index in [9.17, 15) is 4.79 Å². The van der Waals surface area contributed by atoms with Gasteiger partial charge in [-0.2, -0.15) is 0 Å². The summed E-state index contributed by atoms with van der Waals surface area (Å²) in [6.45, 7) is 17.2. The standard InChI is InChI=1S/C9H12.C6H13NO.C6H14/c1-7-4-8(2)6-9(3)5-7;1-3-5(2)6(8)4-7;1-4-5-6(2)3/h4-6H,1-3H3;5H,3-4,7H2,1-2H3;6H,4-5H2,1-3H3. The van der Waals surface area contributed by atoms with Gasteiger partial charge in [-0.1, -0.05) is 82.3 Å². The highest BCUT2D eigenvalue weighted by atomic mass is 16.1. The zero-order valence-electron chi connectivity index (χ0n) is 16.7. The van der Waals surface area contributed by atoms with Gasteiger partial charge < -0.3 is 5.73 Å². The van der Waals surface area contributed by atoms with Gasteiger partial charge in [-0.15, -0.1) is 0 Å². The van der Waals surface area contributed by atoms with Gasteiger partial charge in [-0.3, -0.25) is 4.79 Å². The van der Waals surface area contributed by atoms with Gasteiger partial charge in [0.05, 0.1) is 6.54 Å². The Bertz CT molecular complexity index is 373. The molecule has 0 saturated carbocycles. The van der Waals surface area contributed by atoms with Crippen LogP contribution in [0.15, 0.2) is 18.2 Å². The Balaban J connectivity index is 0. The van der Waals surface area contributed by atoms with E-state index >= 15 is 0 Å². The van der Waals surface area contributed by atoms with Crippen LogP contribution in [0.1, 0.15) is 70.6 Å². The van der Waals surface area contributed by atoms with E-state index in [-0.39, 0.29) is 18.2 Å². The highest BCUT2D eigenvalue weighted by molar-refractivity contribution is 5.82. The van der Waals surface area contributed by atoms with Gasteiger partial charge >= 0.3 is 0 Å². The first-order chi connectivity index (χ1) is 10.7. The Morgan fingerprint density at radius 2 is 1.35 bits per heavy atom. The molecule has 2 N–H and O–H groups in total. The molecule has 0 fully saturated rings. The van der Waals surface area contributed by atoms with Gasteiger partial charge in [-0.05, 0) is 33.1 Å². The first-order valence-corrected chi connectivity index (χ1v) is 8.95. The summed E-state index contributed by atoms with van der Waals surface area (Å²) in [6.07, 6.45) is 3.60. The van der Waals surface area contributed by atoms with E-state index in [2.05, 4.69) is 59.7 Å². The molecule has 0 aliphatic carbocycles. The molecule has 0 aromatic heterocycles. The number of hydrogen-bond acceptors (Lipinski definition) is 2. The molecule has 0 saturated heterocycles. The molecule has 0 heterocycles. The molecular weight excluding hydrogens is 282 g/mol. The molecule has 2 heteroatoms. The third-order valence-corrected chi connectivity index (χ3v) is 3.60. The van der Waals surface area contributed by atoms with Crippen LogP contribution in [0.3, 0.4) is 0 Å². The smallest absolute Gasteiger partial charge is 0.149 e. The lowest BCUT2D eigenvalue weighted by Gasteiger charge is -2.01. The minimum atomic E-state index is 0.153. The quantitative estimate of drug-likeness (QED) is 0.765. The van der Waals surface area contributed by atoms with Crippen LogP contribution in [0.2, 0.25) is 0 Å². The maximum Gasteiger partial charge on any atom is 0.149 e. The first kappa shape index (κ1) is 24.1. The van der Waals surface area contributed by atoms with Crippen LogP contribution in [0, 0.1) is 32.6 Å². The summed E-state index contributed by atoms with van der Waals surface area (Å²) in [5.41, 5.74) is 9.16. The lowest BCUT2D eigenvalue weighted by Crippen LogP contribution is -2.20. The Morgan fingerprint density at radius 1 is 0.957 bits per heavy atom. The van der Waals surface area contributed by atoms with Crippen molar-refractivity contribution in [1.29, 1.82) is 0 Å². The fourth-order valence-corrected chi connectivity index (χ4v) is 2.21. The second-order valence-electron chi connectivity index (χ2n) is 6.83. The second kappa shape index (κ2) is 14.4. The monoisotopic (exact) mass is 321 g/mol. The lowest BCUT2D eigenvalue weighted by molar-refractivity contribution is -0.121. The molecule has 1 atom stereocenters. The Hall–Kier alpha value is -1.15. The van der Waals surface area contributed by atoms with Crippen molar-refractivity contribution in [2.75, 3.05) is 6.54 Å². The molecule has 1 aromatic rings. The molecule has 23 heavy (non-hydrogen) atoms. The summed E-state index contributed by atoms with van der Waals surface area (Å²) in [5, 5.41) is 0. The van der Waals surface area contributed by atoms with Crippen molar-refractivity contribution in [3.05, 3.63) is 34.9 Å². The van der Waals surface area contributed by atoms with Crippen molar-refractivity contribution in [1.82, 2.24) is 0 Å². The van der Waals surface area contributed by atoms with Crippen LogP contribution >= 0.6 is 0 Å². The highest BCUT2D eigenvalue weighted by Crippen LogP contribution is 2.06. The molecule has 0 spiro atoms. The number of rotatable bonds is 5. The van der Waals surface area contributed by atoms with Gasteiger partial charge in [0.1, 0.15) is 5.78 Å². The summed E-state index contributed by atoms with van der Waals surface area (Å²) < 4.78 is 0. The molecule has 0 radical (unpaired) electrons. The van der Waals surface area contributed by atoms with Crippen LogP contribution in [-0.2, 0) is 4.79 Å². The van der Waals surface area contributed by atoms with Crippen molar-refractivity contribution in [2.45, 2.75) is 74.7 Å². The van der Waals surface area contributed by atoms with Crippen LogP contribution in [0.4, 0.5) is 0 Å². The summed E-state index contributed by atoms with van der Waals surface area (Å²) in [4.78, 5) is 10.6. The van der Waals surface area contributed by atoms with Gasteiger partial charge in [0, 0.05) is 5.92 Å². The SMILES string of the molecule is CCC(C)C(=O)CN.CCCC(C)C.Cc1cc(C)cc(C)c1. The largest absolute Gasteiger partial charge is 0.324 e. The summed E-state index contributed by atoms with van der Waals surface area (Å²) in [5.74, 6) is 1.21. The Morgan fingerprint density at radius 3 is 1.48 bits per heavy atom. The van der Waals surface area contributed by atoms with E-state index < -0.39 is 0 Å². The number of Topliss-reactive ketones (excluding diaryl/α,β-unsaturated/α-hetero) is 1. The predicted molar refractivity (Wildman–Crippen MR) is 104 cm³/mol. The van der Waals surface area contributed by atoms with E-state index in [1.54, 1.807) is 0 Å². The fraction of sp³-hybridized carbons (Fsp3) is 0.667. The number of hydrogen-bond donors (Lipinski definition) is 1. The average Bonchev–Trinajstić information content (AvgIpc) is 2.45. The fourth-order valence-electron chi connectivity index (χ4n) is 2.21. The Kier molecular flexibility index (Phi) is 15.1. The van der Waals surface area contributed by atoms with Gasteiger partial charge in [0.2, 0.25) is 0 Å². The maximum atomic E-state index is 10.6. The van der Waals surface area contributed by atoms with Gasteiger partial charge in [0.15, 0.2) is 0 Å². The molecule has 1 unspecified atom stereocenters. The van der Waals surface area contributed by atoms with E-state index in [0.717, 1.165) is 12.3 Å². The molecule has 0 amide bonds. The lowest BCUT2D eigenvalue weighted by atomic mass is 10.0. The topological polar surface area (TPSA) is 43.1 Å². The van der Waals surface area contributed by atoms with Crippen LogP contribution in [-0.4, -0.2) is 12.3 Å². The van der Waals surface area contributed by atoms with Crippen LogP contribution < -0.4 is 5.73 Å². The zero-order chi connectivity index (χ0) is 18.4. The Labute approximate surface area is 144 Å². The van der Waals surface area contributed by atoms with Crippen LogP contribution in [0.25, 0.3) is 0 Å². The number of nitrogens with two attached hydrogens (primary N) is 1. The van der Waals surface area contributed by atoms with Crippen molar-refractivity contribution in [3.8, 4) is 0 Å². The van der Waals surface area contributed by atoms with Gasteiger partial charge in [0.25, 0.3) is 0 Å². The zero-order valence-corrected chi connectivity index (χ0v) is 16.7. The molecule has 1 aromatic carbocycles. The number of benzene rings is 1. The molecule has 134 valence electrons. The summed E-state index contributed by atoms with van der Waals surface area (Å²) >= 11 is 0. The van der Waals surface area contributed by atoms with Gasteiger partial charge in [-0.25, -0.2) is 0 Å². The summed E-state index contributed by atoms with van der Waals surface area (Å²) in [6, 6.07) is 6.56. The molecule has 1 rings (SSSR count). The normalized spacial score (nSPS) is 11.0. The third-order valence-electron chi connectivity index (χ3n) is 3.60. The second-order valence-corrected chi connectivity index (χ2v) is 6.83.